The molecular weight excluding hydrogens is 402 g/mol. The number of benzene rings is 1. The van der Waals surface area contributed by atoms with Crippen molar-refractivity contribution >= 4 is 23.5 Å². The van der Waals surface area contributed by atoms with E-state index < -0.39 is 17.9 Å². The number of rotatable bonds is 9. The molecule has 4 rings (SSSR count). The Balaban J connectivity index is 1.39. The van der Waals surface area contributed by atoms with Crippen LogP contribution >= 0.6 is 0 Å². The quantitative estimate of drug-likeness (QED) is 0.563. The van der Waals surface area contributed by atoms with E-state index in [1.807, 2.05) is 12.1 Å². The van der Waals surface area contributed by atoms with Gasteiger partial charge in [-0.3, -0.25) is 14.4 Å². The van der Waals surface area contributed by atoms with Gasteiger partial charge in [-0.15, -0.1) is 0 Å². The monoisotopic (exact) mass is 431 g/mol. The maximum Gasteiger partial charge on any atom is 0.303 e. The largest absolute Gasteiger partial charge is 0.481 e. The van der Waals surface area contributed by atoms with Gasteiger partial charge in [-0.2, -0.15) is 0 Å². The highest BCUT2D eigenvalue weighted by molar-refractivity contribution is 6.01. The SMILES string of the molecule is COC(OC)C1CC2(C1)CN(c1ccc3c(c1)CN(C(CCC(=O)O)C(N)=O)C3=O)C2. The Morgan fingerprint density at radius 1 is 1.26 bits per heavy atom. The number of primary amides is 1. The number of hydrogen-bond acceptors (Lipinski definition) is 6. The minimum atomic E-state index is -1.02. The molecule has 1 atom stereocenters. The third-order valence-electron chi connectivity index (χ3n) is 6.91. The van der Waals surface area contributed by atoms with Crippen LogP contribution in [0.1, 0.15) is 41.6 Å². The van der Waals surface area contributed by atoms with Gasteiger partial charge in [-0.05, 0) is 43.0 Å². The van der Waals surface area contributed by atoms with Crippen LogP contribution in [0.15, 0.2) is 18.2 Å². The van der Waals surface area contributed by atoms with Gasteiger partial charge in [-0.25, -0.2) is 0 Å². The standard InChI is InChI=1S/C22H29N3O6/c1-30-21(31-2)14-8-22(9-14)11-24(12-22)15-3-4-16-13(7-15)10-25(20(16)29)17(19(23)28)5-6-18(26)27/h3-4,7,14,17,21H,5-6,8-12H2,1-2H3,(H2,23,28)(H,26,27). The Labute approximate surface area is 181 Å². The number of amides is 2. The summed E-state index contributed by atoms with van der Waals surface area (Å²) in [6.45, 7) is 2.19. The van der Waals surface area contributed by atoms with E-state index in [9.17, 15) is 14.4 Å². The molecular formula is C22H29N3O6. The van der Waals surface area contributed by atoms with Gasteiger partial charge in [0.1, 0.15) is 6.04 Å². The maximum atomic E-state index is 12.8. The van der Waals surface area contributed by atoms with Crippen molar-refractivity contribution in [2.24, 2.45) is 17.1 Å². The maximum absolute atomic E-state index is 12.8. The average Bonchev–Trinajstić information content (AvgIpc) is 2.98. The molecule has 9 heteroatoms. The number of hydrogen-bond donors (Lipinski definition) is 2. The summed E-state index contributed by atoms with van der Waals surface area (Å²) in [5, 5.41) is 8.92. The fourth-order valence-electron chi connectivity index (χ4n) is 5.42. The molecule has 3 aliphatic rings. The second-order valence-electron chi connectivity index (χ2n) is 8.99. The number of ether oxygens (including phenoxy) is 2. The zero-order chi connectivity index (χ0) is 22.3. The summed E-state index contributed by atoms with van der Waals surface area (Å²) in [5.74, 6) is -1.55. The van der Waals surface area contributed by atoms with E-state index in [0.717, 1.165) is 37.2 Å². The molecule has 1 saturated heterocycles. The molecule has 1 aromatic carbocycles. The van der Waals surface area contributed by atoms with Gasteiger partial charge in [0.05, 0.1) is 0 Å². The number of carbonyl (C=O) groups is 3. The molecule has 1 spiro atoms. The second-order valence-corrected chi connectivity index (χ2v) is 8.99. The van der Waals surface area contributed by atoms with Crippen LogP contribution < -0.4 is 10.6 Å². The highest BCUT2D eigenvalue weighted by atomic mass is 16.7. The van der Waals surface area contributed by atoms with Crippen molar-refractivity contribution in [1.29, 1.82) is 0 Å². The zero-order valence-electron chi connectivity index (χ0n) is 17.9. The van der Waals surface area contributed by atoms with E-state index in [1.165, 1.54) is 4.90 Å². The lowest BCUT2D eigenvalue weighted by molar-refractivity contribution is -0.184. The second kappa shape index (κ2) is 8.12. The molecule has 0 radical (unpaired) electrons. The molecule has 2 heterocycles. The molecule has 1 aliphatic carbocycles. The van der Waals surface area contributed by atoms with Crippen molar-refractivity contribution < 1.29 is 29.0 Å². The van der Waals surface area contributed by atoms with Crippen LogP contribution in [0, 0.1) is 11.3 Å². The van der Waals surface area contributed by atoms with E-state index in [0.29, 0.717) is 16.9 Å². The predicted octanol–water partition coefficient (Wildman–Crippen LogP) is 1.20. The zero-order valence-corrected chi connectivity index (χ0v) is 17.9. The lowest BCUT2D eigenvalue weighted by Gasteiger charge is -2.60. The van der Waals surface area contributed by atoms with Crippen LogP contribution in [0.25, 0.3) is 0 Å². The van der Waals surface area contributed by atoms with Gasteiger partial charge < -0.3 is 30.1 Å². The molecule has 31 heavy (non-hydrogen) atoms. The highest BCUT2D eigenvalue weighted by Crippen LogP contribution is 2.54. The van der Waals surface area contributed by atoms with Crippen molar-refractivity contribution in [3.63, 3.8) is 0 Å². The Hall–Kier alpha value is -2.65. The predicted molar refractivity (Wildman–Crippen MR) is 111 cm³/mol. The molecule has 0 bridgehead atoms. The van der Waals surface area contributed by atoms with Gasteiger partial charge in [0.15, 0.2) is 6.29 Å². The van der Waals surface area contributed by atoms with Gasteiger partial charge in [-0.1, -0.05) is 0 Å². The fourth-order valence-corrected chi connectivity index (χ4v) is 5.42. The van der Waals surface area contributed by atoms with Gasteiger partial charge in [0, 0.05) is 62.9 Å². The molecule has 1 unspecified atom stereocenters. The van der Waals surface area contributed by atoms with Crippen LogP contribution in [0.3, 0.4) is 0 Å². The summed E-state index contributed by atoms with van der Waals surface area (Å²) >= 11 is 0. The Morgan fingerprint density at radius 2 is 1.94 bits per heavy atom. The summed E-state index contributed by atoms with van der Waals surface area (Å²) < 4.78 is 10.8. The number of methoxy groups -OCH3 is 2. The molecule has 2 amide bonds. The number of nitrogens with zero attached hydrogens (tertiary/aromatic N) is 2. The first-order chi connectivity index (χ1) is 14.8. The molecule has 168 valence electrons. The van der Waals surface area contributed by atoms with Crippen LogP contribution in [0.4, 0.5) is 5.69 Å². The Bertz CT molecular complexity index is 885. The van der Waals surface area contributed by atoms with Gasteiger partial charge >= 0.3 is 5.97 Å². The van der Waals surface area contributed by atoms with Crippen LogP contribution in [0.2, 0.25) is 0 Å². The molecule has 2 fully saturated rings. The molecule has 2 aliphatic heterocycles. The first-order valence-corrected chi connectivity index (χ1v) is 10.5. The van der Waals surface area contributed by atoms with Gasteiger partial charge in [0.25, 0.3) is 5.91 Å². The molecule has 0 aromatic heterocycles. The van der Waals surface area contributed by atoms with E-state index >= 15 is 0 Å². The summed E-state index contributed by atoms with van der Waals surface area (Å²) in [7, 11) is 3.34. The smallest absolute Gasteiger partial charge is 0.303 e. The summed E-state index contributed by atoms with van der Waals surface area (Å²) in [6.07, 6.45) is 1.81. The number of fused-ring (bicyclic) bond motifs is 1. The summed E-state index contributed by atoms with van der Waals surface area (Å²) in [4.78, 5) is 39.3. The number of anilines is 1. The van der Waals surface area contributed by atoms with Crippen LogP contribution in [-0.2, 0) is 25.6 Å². The Kier molecular flexibility index (Phi) is 5.65. The fraction of sp³-hybridized carbons (Fsp3) is 0.591. The third kappa shape index (κ3) is 3.87. The summed E-state index contributed by atoms with van der Waals surface area (Å²) in [5.41, 5.74) is 8.22. The summed E-state index contributed by atoms with van der Waals surface area (Å²) in [6, 6.07) is 4.81. The van der Waals surface area contributed by atoms with Crippen molar-refractivity contribution in [3.05, 3.63) is 29.3 Å². The minimum absolute atomic E-state index is 0.0109. The first-order valence-electron chi connectivity index (χ1n) is 10.5. The molecule has 1 saturated carbocycles. The minimum Gasteiger partial charge on any atom is -0.481 e. The van der Waals surface area contributed by atoms with Gasteiger partial charge in [0.2, 0.25) is 5.91 Å². The van der Waals surface area contributed by atoms with Crippen molar-refractivity contribution in [2.75, 3.05) is 32.2 Å². The van der Waals surface area contributed by atoms with Crippen molar-refractivity contribution in [2.45, 2.75) is 44.6 Å². The number of carboxylic acids is 1. The number of carbonyl (C=O) groups excluding carboxylic acids is 2. The van der Waals surface area contributed by atoms with Crippen LogP contribution in [0.5, 0.6) is 0 Å². The third-order valence-corrected chi connectivity index (χ3v) is 6.91. The normalized spacial score (nSPS) is 20.5. The van der Waals surface area contributed by atoms with E-state index in [2.05, 4.69) is 4.90 Å². The lowest BCUT2D eigenvalue weighted by atomic mass is 9.57. The molecule has 9 nitrogen and oxygen atoms in total. The Morgan fingerprint density at radius 3 is 2.52 bits per heavy atom. The number of nitrogens with two attached hydrogens (primary N) is 1. The highest BCUT2D eigenvalue weighted by Gasteiger charge is 2.54. The number of aliphatic carboxylic acids is 1. The van der Waals surface area contributed by atoms with E-state index in [-0.39, 0.29) is 31.6 Å². The topological polar surface area (TPSA) is 122 Å². The van der Waals surface area contributed by atoms with Crippen LogP contribution in [-0.4, -0.2) is 67.4 Å². The van der Waals surface area contributed by atoms with Crippen molar-refractivity contribution in [3.8, 4) is 0 Å². The molecule has 3 N–H and O–H groups in total. The van der Waals surface area contributed by atoms with E-state index in [4.69, 9.17) is 20.3 Å². The molecule has 1 aromatic rings. The van der Waals surface area contributed by atoms with Crippen molar-refractivity contribution in [1.82, 2.24) is 4.90 Å². The van der Waals surface area contributed by atoms with E-state index in [1.54, 1.807) is 20.3 Å². The number of carboxylic acid groups (broad SMARTS) is 1. The lowest BCUT2D eigenvalue weighted by Crippen LogP contribution is -2.64. The first kappa shape index (κ1) is 21.6. The average molecular weight is 431 g/mol.